The van der Waals surface area contributed by atoms with Gasteiger partial charge < -0.3 is 0 Å². The van der Waals surface area contributed by atoms with E-state index >= 15 is 0 Å². The first-order valence-corrected chi connectivity index (χ1v) is 5.67. The Balaban J connectivity index is 2.96. The van der Waals surface area contributed by atoms with Gasteiger partial charge in [-0.2, -0.15) is 0 Å². The molecule has 0 saturated heterocycles. The van der Waals surface area contributed by atoms with E-state index in [1.54, 1.807) is 12.4 Å². The van der Waals surface area contributed by atoms with Gasteiger partial charge >= 0.3 is 0 Å². The molecule has 0 spiro atoms. The lowest BCUT2D eigenvalue weighted by Crippen LogP contribution is -2.33. The molecule has 1 unspecified atom stereocenters. The lowest BCUT2D eigenvalue weighted by atomic mass is 9.90. The number of hydrazine groups is 1. The minimum absolute atomic E-state index is 0.107. The molecule has 0 aromatic carbocycles. The molecule has 3 N–H and O–H groups in total. The molecule has 1 atom stereocenters. The molecule has 0 bridgehead atoms. The number of halogens is 1. The molecular formula is C11H18ClN3. The van der Waals surface area contributed by atoms with Gasteiger partial charge in [-0.05, 0) is 17.5 Å². The van der Waals surface area contributed by atoms with Crippen molar-refractivity contribution in [3.05, 3.63) is 29.0 Å². The highest BCUT2D eigenvalue weighted by molar-refractivity contribution is 6.31. The fourth-order valence-electron chi connectivity index (χ4n) is 1.88. The van der Waals surface area contributed by atoms with Crippen LogP contribution in [0.1, 0.15) is 38.3 Å². The van der Waals surface area contributed by atoms with Crippen molar-refractivity contribution >= 4 is 11.6 Å². The molecule has 0 aliphatic heterocycles. The van der Waals surface area contributed by atoms with Gasteiger partial charge in [-0.1, -0.05) is 38.3 Å². The Hall–Kier alpha value is -0.640. The molecule has 1 aromatic heterocycles. The molecule has 15 heavy (non-hydrogen) atoms. The van der Waals surface area contributed by atoms with E-state index in [0.29, 0.717) is 10.9 Å². The first-order chi connectivity index (χ1) is 7.24. The van der Waals surface area contributed by atoms with Crippen LogP contribution in [0.5, 0.6) is 0 Å². The predicted octanol–water partition coefficient (Wildman–Crippen LogP) is 2.68. The highest BCUT2D eigenvalue weighted by Gasteiger charge is 2.20. The van der Waals surface area contributed by atoms with Crippen molar-refractivity contribution in [3.8, 4) is 0 Å². The van der Waals surface area contributed by atoms with Crippen LogP contribution >= 0.6 is 11.6 Å². The minimum atomic E-state index is 0.107. The zero-order valence-electron chi connectivity index (χ0n) is 9.20. The van der Waals surface area contributed by atoms with Crippen LogP contribution < -0.4 is 11.3 Å². The zero-order valence-corrected chi connectivity index (χ0v) is 9.96. The molecular weight excluding hydrogens is 210 g/mol. The average Bonchev–Trinajstić information content (AvgIpc) is 2.27. The summed E-state index contributed by atoms with van der Waals surface area (Å²) in [7, 11) is 0. The van der Waals surface area contributed by atoms with Gasteiger partial charge in [0.2, 0.25) is 0 Å². The largest absolute Gasteiger partial charge is 0.271 e. The second-order valence-corrected chi connectivity index (χ2v) is 4.03. The molecule has 0 fully saturated rings. The molecule has 0 saturated carbocycles. The lowest BCUT2D eigenvalue weighted by molar-refractivity contribution is 0.345. The van der Waals surface area contributed by atoms with Crippen molar-refractivity contribution in [1.29, 1.82) is 0 Å². The van der Waals surface area contributed by atoms with Crippen molar-refractivity contribution in [2.24, 2.45) is 11.8 Å². The minimum Gasteiger partial charge on any atom is -0.271 e. The van der Waals surface area contributed by atoms with Gasteiger partial charge in [0.1, 0.15) is 0 Å². The van der Waals surface area contributed by atoms with Gasteiger partial charge in [-0.15, -0.1) is 0 Å². The maximum atomic E-state index is 6.10. The predicted molar refractivity (Wildman–Crippen MR) is 63.4 cm³/mol. The van der Waals surface area contributed by atoms with E-state index in [9.17, 15) is 0 Å². The third-order valence-corrected chi connectivity index (χ3v) is 3.15. The van der Waals surface area contributed by atoms with Gasteiger partial charge in [0.05, 0.1) is 11.1 Å². The van der Waals surface area contributed by atoms with E-state index in [1.807, 2.05) is 6.07 Å². The van der Waals surface area contributed by atoms with Crippen LogP contribution in [-0.2, 0) is 0 Å². The highest BCUT2D eigenvalue weighted by Crippen LogP contribution is 2.30. The fourth-order valence-corrected chi connectivity index (χ4v) is 2.11. The van der Waals surface area contributed by atoms with Crippen molar-refractivity contribution in [3.63, 3.8) is 0 Å². The Kier molecular flexibility index (Phi) is 5.02. The Labute approximate surface area is 96.0 Å². The van der Waals surface area contributed by atoms with Gasteiger partial charge in [0.15, 0.2) is 0 Å². The first kappa shape index (κ1) is 12.4. The fraction of sp³-hybridized carbons (Fsp3) is 0.545. The smallest absolute Gasteiger partial charge is 0.0637 e. The maximum Gasteiger partial charge on any atom is 0.0637 e. The summed E-state index contributed by atoms with van der Waals surface area (Å²) in [4.78, 5) is 3.97. The summed E-state index contributed by atoms with van der Waals surface area (Å²) in [5, 5.41) is 0.673. The summed E-state index contributed by atoms with van der Waals surface area (Å²) in [5.74, 6) is 6.09. The maximum absolute atomic E-state index is 6.10. The second-order valence-electron chi connectivity index (χ2n) is 3.62. The van der Waals surface area contributed by atoms with Crippen molar-refractivity contribution in [2.75, 3.05) is 0 Å². The Morgan fingerprint density at radius 3 is 2.60 bits per heavy atom. The number of nitrogens with one attached hydrogen (secondary N) is 1. The molecule has 4 heteroatoms. The van der Waals surface area contributed by atoms with Crippen LogP contribution in [0.3, 0.4) is 0 Å². The van der Waals surface area contributed by atoms with Crippen molar-refractivity contribution < 1.29 is 0 Å². The number of hydrogen-bond acceptors (Lipinski definition) is 3. The van der Waals surface area contributed by atoms with Crippen LogP contribution in [0.25, 0.3) is 0 Å². The third-order valence-electron chi connectivity index (χ3n) is 2.84. The molecule has 1 aromatic rings. The quantitative estimate of drug-likeness (QED) is 0.601. The van der Waals surface area contributed by atoms with E-state index in [4.69, 9.17) is 17.4 Å². The van der Waals surface area contributed by atoms with Gasteiger partial charge in [-0.3, -0.25) is 16.3 Å². The van der Waals surface area contributed by atoms with Gasteiger partial charge in [0, 0.05) is 12.4 Å². The topological polar surface area (TPSA) is 50.9 Å². The highest BCUT2D eigenvalue weighted by atomic mass is 35.5. The SMILES string of the molecule is CCC(CC)C(NN)c1ccncc1Cl. The van der Waals surface area contributed by atoms with E-state index in [-0.39, 0.29) is 6.04 Å². The zero-order chi connectivity index (χ0) is 11.3. The molecule has 0 amide bonds. The summed E-state index contributed by atoms with van der Waals surface area (Å²) >= 11 is 6.10. The standard InChI is InChI=1S/C11H18ClN3/c1-3-8(4-2)11(15-13)9-5-6-14-7-10(9)12/h5-8,11,15H,3-4,13H2,1-2H3. The van der Waals surface area contributed by atoms with Crippen LogP contribution in [0.4, 0.5) is 0 Å². The Morgan fingerprint density at radius 1 is 1.47 bits per heavy atom. The summed E-state index contributed by atoms with van der Waals surface area (Å²) in [6.45, 7) is 4.32. The monoisotopic (exact) mass is 227 g/mol. The van der Waals surface area contributed by atoms with Gasteiger partial charge in [0.25, 0.3) is 0 Å². The number of pyridine rings is 1. The second kappa shape index (κ2) is 6.05. The van der Waals surface area contributed by atoms with Crippen LogP contribution in [0.15, 0.2) is 18.5 Å². The number of rotatable bonds is 5. The normalized spacial score (nSPS) is 13.1. The van der Waals surface area contributed by atoms with Crippen molar-refractivity contribution in [1.82, 2.24) is 10.4 Å². The summed E-state index contributed by atoms with van der Waals surface area (Å²) in [6, 6.07) is 2.03. The summed E-state index contributed by atoms with van der Waals surface area (Å²) in [6.07, 6.45) is 5.55. The van der Waals surface area contributed by atoms with E-state index in [0.717, 1.165) is 18.4 Å². The molecule has 84 valence electrons. The molecule has 0 aliphatic carbocycles. The lowest BCUT2D eigenvalue weighted by Gasteiger charge is -2.25. The third kappa shape index (κ3) is 2.91. The molecule has 1 rings (SSSR count). The molecule has 0 aliphatic rings. The van der Waals surface area contributed by atoms with Gasteiger partial charge in [-0.25, -0.2) is 0 Å². The number of nitrogens with two attached hydrogens (primary N) is 1. The van der Waals surface area contributed by atoms with E-state index < -0.39 is 0 Å². The number of aromatic nitrogens is 1. The van der Waals surface area contributed by atoms with Crippen LogP contribution in [0.2, 0.25) is 5.02 Å². The number of hydrogen-bond donors (Lipinski definition) is 2. The Bertz CT molecular complexity index is 300. The Morgan fingerprint density at radius 2 is 2.13 bits per heavy atom. The van der Waals surface area contributed by atoms with Crippen LogP contribution in [-0.4, -0.2) is 4.98 Å². The molecule has 3 nitrogen and oxygen atoms in total. The van der Waals surface area contributed by atoms with E-state index in [2.05, 4.69) is 24.3 Å². The first-order valence-electron chi connectivity index (χ1n) is 5.30. The van der Waals surface area contributed by atoms with Crippen LogP contribution in [0, 0.1) is 5.92 Å². The molecule has 0 radical (unpaired) electrons. The molecule has 1 heterocycles. The average molecular weight is 228 g/mol. The van der Waals surface area contributed by atoms with E-state index in [1.165, 1.54) is 0 Å². The summed E-state index contributed by atoms with van der Waals surface area (Å²) in [5.41, 5.74) is 3.88. The number of nitrogens with zero attached hydrogens (tertiary/aromatic N) is 1. The van der Waals surface area contributed by atoms with Crippen molar-refractivity contribution in [2.45, 2.75) is 32.7 Å². The summed E-state index contributed by atoms with van der Waals surface area (Å²) < 4.78 is 0.